The van der Waals surface area contributed by atoms with Crippen LogP contribution >= 0.6 is 0 Å². The van der Waals surface area contributed by atoms with E-state index in [1.165, 1.54) is 0 Å². The maximum atomic E-state index is 13.1. The smallest absolute Gasteiger partial charge is 0.228 e. The summed E-state index contributed by atoms with van der Waals surface area (Å²) in [4.78, 5) is 14.1. The number of carbonyl (C=O) groups excluding carboxylic acids is 1. The molecule has 1 heterocycles. The second-order valence-electron chi connectivity index (χ2n) is 5.96. The molecule has 1 saturated heterocycles. The van der Waals surface area contributed by atoms with Crippen molar-refractivity contribution in [2.75, 3.05) is 13.1 Å². The molecule has 0 aromatic rings. The lowest BCUT2D eigenvalue weighted by Gasteiger charge is -2.30. The van der Waals surface area contributed by atoms with E-state index in [1.807, 2.05) is 0 Å². The highest BCUT2D eigenvalue weighted by Gasteiger charge is 2.57. The summed E-state index contributed by atoms with van der Waals surface area (Å²) < 4.78 is 13.1. The first-order valence-corrected chi connectivity index (χ1v) is 6.25. The summed E-state index contributed by atoms with van der Waals surface area (Å²) in [5, 5.41) is 0. The Labute approximate surface area is 95.2 Å². The van der Waals surface area contributed by atoms with Gasteiger partial charge in [-0.25, -0.2) is 4.39 Å². The molecule has 4 heteroatoms. The number of likely N-dealkylation sites (tertiary alicyclic amines) is 1. The highest BCUT2D eigenvalue weighted by atomic mass is 19.1. The molecule has 3 nitrogen and oxygen atoms in total. The Hall–Kier alpha value is -0.640. The predicted octanol–water partition coefficient (Wildman–Crippen LogP) is 1.22. The first-order valence-electron chi connectivity index (χ1n) is 6.25. The molecule has 3 rings (SSSR count). The second-order valence-corrected chi connectivity index (χ2v) is 5.96. The molecule has 0 radical (unpaired) electrons. The number of alkyl halides is 1. The SMILES string of the molecule is NC12CCC(C(=O)N3CC[C@H](F)C3)(CC1)C2. The first kappa shape index (κ1) is 10.5. The Bertz CT molecular complexity index is 323. The number of amides is 1. The van der Waals surface area contributed by atoms with Crippen molar-refractivity contribution < 1.29 is 9.18 Å². The van der Waals surface area contributed by atoms with Gasteiger partial charge in [0, 0.05) is 12.1 Å². The summed E-state index contributed by atoms with van der Waals surface area (Å²) in [6.45, 7) is 0.900. The number of fused-ring (bicyclic) bond motifs is 2. The second kappa shape index (κ2) is 3.19. The Morgan fingerprint density at radius 2 is 2.00 bits per heavy atom. The third kappa shape index (κ3) is 1.39. The molecular formula is C12H19FN2O. The summed E-state index contributed by atoms with van der Waals surface area (Å²) in [6.07, 6.45) is 4.27. The van der Waals surface area contributed by atoms with Crippen LogP contribution in [0.25, 0.3) is 0 Å². The van der Waals surface area contributed by atoms with E-state index in [-0.39, 0.29) is 16.9 Å². The van der Waals surface area contributed by atoms with Crippen molar-refractivity contribution >= 4 is 5.91 Å². The van der Waals surface area contributed by atoms with Crippen LogP contribution in [0, 0.1) is 5.41 Å². The van der Waals surface area contributed by atoms with E-state index in [2.05, 4.69) is 0 Å². The monoisotopic (exact) mass is 226 g/mol. The van der Waals surface area contributed by atoms with Gasteiger partial charge in [-0.3, -0.25) is 4.79 Å². The highest BCUT2D eigenvalue weighted by molar-refractivity contribution is 5.84. The number of nitrogens with two attached hydrogens (primary N) is 1. The standard InChI is InChI=1S/C12H19FN2O/c13-9-1-6-15(7-9)10(16)11-2-4-12(14,8-11)5-3-11/h9H,1-8,14H2/t9-,11?,12?/m0/s1. The van der Waals surface area contributed by atoms with Crippen LogP contribution < -0.4 is 5.73 Å². The molecule has 1 aliphatic heterocycles. The molecule has 2 N–H and O–H groups in total. The average molecular weight is 226 g/mol. The molecule has 90 valence electrons. The molecule has 0 aromatic carbocycles. The van der Waals surface area contributed by atoms with E-state index in [0.717, 1.165) is 32.1 Å². The minimum Gasteiger partial charge on any atom is -0.339 e. The fourth-order valence-corrected chi connectivity index (χ4v) is 3.78. The minimum atomic E-state index is -0.814. The Morgan fingerprint density at radius 1 is 1.31 bits per heavy atom. The number of hydrogen-bond donors (Lipinski definition) is 1. The van der Waals surface area contributed by atoms with Gasteiger partial charge in [-0.1, -0.05) is 0 Å². The summed E-state index contributed by atoms with van der Waals surface area (Å²) >= 11 is 0. The summed E-state index contributed by atoms with van der Waals surface area (Å²) in [6, 6.07) is 0. The van der Waals surface area contributed by atoms with Gasteiger partial charge in [0.05, 0.1) is 12.0 Å². The van der Waals surface area contributed by atoms with E-state index < -0.39 is 6.17 Å². The van der Waals surface area contributed by atoms with Gasteiger partial charge in [-0.15, -0.1) is 0 Å². The van der Waals surface area contributed by atoms with Crippen molar-refractivity contribution in [2.45, 2.75) is 50.2 Å². The quantitative estimate of drug-likeness (QED) is 0.730. The van der Waals surface area contributed by atoms with Crippen LogP contribution in [0.2, 0.25) is 0 Å². The number of rotatable bonds is 1. The summed E-state index contributed by atoms with van der Waals surface area (Å²) in [5.74, 6) is 0.178. The number of halogens is 1. The van der Waals surface area contributed by atoms with Gasteiger partial charge in [0.15, 0.2) is 0 Å². The normalized spacial score (nSPS) is 46.6. The molecule has 0 spiro atoms. The zero-order valence-corrected chi connectivity index (χ0v) is 9.54. The third-order valence-electron chi connectivity index (χ3n) is 4.76. The molecule has 0 aromatic heterocycles. The Kier molecular flexibility index (Phi) is 2.09. The lowest BCUT2D eigenvalue weighted by Crippen LogP contribution is -2.40. The Balaban J connectivity index is 1.76. The molecule has 0 unspecified atom stereocenters. The molecule has 3 aliphatic rings. The van der Waals surface area contributed by atoms with Crippen LogP contribution in [0.1, 0.15) is 38.5 Å². The van der Waals surface area contributed by atoms with Crippen molar-refractivity contribution in [3.63, 3.8) is 0 Å². The minimum absolute atomic E-state index is 0.0928. The van der Waals surface area contributed by atoms with Gasteiger partial charge >= 0.3 is 0 Å². The number of hydrogen-bond acceptors (Lipinski definition) is 2. The van der Waals surface area contributed by atoms with Gasteiger partial charge in [0.2, 0.25) is 5.91 Å². The molecule has 1 amide bonds. The largest absolute Gasteiger partial charge is 0.339 e. The van der Waals surface area contributed by atoms with E-state index >= 15 is 0 Å². The highest BCUT2D eigenvalue weighted by Crippen LogP contribution is 2.56. The van der Waals surface area contributed by atoms with Crippen LogP contribution in [-0.2, 0) is 4.79 Å². The number of nitrogens with zero attached hydrogens (tertiary/aromatic N) is 1. The third-order valence-corrected chi connectivity index (χ3v) is 4.76. The first-order chi connectivity index (χ1) is 7.53. The van der Waals surface area contributed by atoms with Crippen LogP contribution in [0.15, 0.2) is 0 Å². The van der Waals surface area contributed by atoms with Crippen molar-refractivity contribution in [3.05, 3.63) is 0 Å². The van der Waals surface area contributed by atoms with Gasteiger partial charge in [0.25, 0.3) is 0 Å². The van der Waals surface area contributed by atoms with Gasteiger partial charge in [-0.2, -0.15) is 0 Å². The van der Waals surface area contributed by atoms with E-state index in [9.17, 15) is 9.18 Å². The molecule has 16 heavy (non-hydrogen) atoms. The predicted molar refractivity (Wildman–Crippen MR) is 58.5 cm³/mol. The van der Waals surface area contributed by atoms with Crippen LogP contribution in [-0.4, -0.2) is 35.6 Å². The van der Waals surface area contributed by atoms with Crippen molar-refractivity contribution in [3.8, 4) is 0 Å². The van der Waals surface area contributed by atoms with E-state index in [0.29, 0.717) is 19.5 Å². The lowest BCUT2D eigenvalue weighted by molar-refractivity contribution is -0.140. The van der Waals surface area contributed by atoms with E-state index in [4.69, 9.17) is 5.73 Å². The fraction of sp³-hybridized carbons (Fsp3) is 0.917. The molecule has 2 aliphatic carbocycles. The van der Waals surface area contributed by atoms with E-state index in [1.54, 1.807) is 4.90 Å². The average Bonchev–Trinajstić information content (AvgIpc) is 2.90. The number of carbonyl (C=O) groups is 1. The van der Waals surface area contributed by atoms with Crippen LogP contribution in [0.5, 0.6) is 0 Å². The summed E-state index contributed by atoms with van der Waals surface area (Å²) in [5.41, 5.74) is 5.89. The van der Waals surface area contributed by atoms with Gasteiger partial charge in [-0.05, 0) is 38.5 Å². The molecule has 1 atom stereocenters. The zero-order valence-electron chi connectivity index (χ0n) is 9.54. The molecule has 2 bridgehead atoms. The molecule has 2 saturated carbocycles. The zero-order chi connectivity index (χ0) is 11.4. The fourth-order valence-electron chi connectivity index (χ4n) is 3.78. The van der Waals surface area contributed by atoms with Crippen molar-refractivity contribution in [1.29, 1.82) is 0 Å². The van der Waals surface area contributed by atoms with Crippen LogP contribution in [0.4, 0.5) is 4.39 Å². The summed E-state index contributed by atoms with van der Waals surface area (Å²) in [7, 11) is 0. The molecule has 3 fully saturated rings. The lowest BCUT2D eigenvalue weighted by atomic mass is 9.82. The van der Waals surface area contributed by atoms with Crippen molar-refractivity contribution in [2.24, 2.45) is 11.1 Å². The van der Waals surface area contributed by atoms with Gasteiger partial charge < -0.3 is 10.6 Å². The maximum absolute atomic E-state index is 13.1. The topological polar surface area (TPSA) is 46.3 Å². The maximum Gasteiger partial charge on any atom is 0.228 e. The van der Waals surface area contributed by atoms with Gasteiger partial charge in [0.1, 0.15) is 6.17 Å². The van der Waals surface area contributed by atoms with Crippen LogP contribution in [0.3, 0.4) is 0 Å². The van der Waals surface area contributed by atoms with Crippen molar-refractivity contribution in [1.82, 2.24) is 4.90 Å². The molecular weight excluding hydrogens is 207 g/mol. The Morgan fingerprint density at radius 3 is 2.44 bits per heavy atom.